The van der Waals surface area contributed by atoms with Crippen molar-refractivity contribution >= 4 is 6.29 Å². The Bertz CT molecular complexity index is 364. The molecule has 0 aliphatic carbocycles. The highest BCUT2D eigenvalue weighted by Crippen LogP contribution is 2.33. The maximum absolute atomic E-state index is 13.1. The summed E-state index contributed by atoms with van der Waals surface area (Å²) in [5.74, 6) is -0.635. The molecule has 0 saturated heterocycles. The standard InChI is InChI=1S/C11H13FO2/c1-11(2,3)9-5-8(12)4-7(6-13)10(9)14/h4-6,14H,1-3H3. The molecule has 0 aliphatic heterocycles. The van der Waals surface area contributed by atoms with Crippen LogP contribution in [-0.2, 0) is 5.41 Å². The van der Waals surface area contributed by atoms with E-state index < -0.39 is 5.82 Å². The first-order chi connectivity index (χ1) is 6.36. The third-order valence-electron chi connectivity index (χ3n) is 2.04. The van der Waals surface area contributed by atoms with E-state index in [1.165, 1.54) is 6.07 Å². The topological polar surface area (TPSA) is 37.3 Å². The number of phenols is 1. The lowest BCUT2D eigenvalue weighted by Crippen LogP contribution is -2.12. The van der Waals surface area contributed by atoms with E-state index in [1.54, 1.807) is 0 Å². The van der Waals surface area contributed by atoms with Crippen molar-refractivity contribution in [2.24, 2.45) is 0 Å². The Hall–Kier alpha value is -1.38. The number of aromatic hydroxyl groups is 1. The molecule has 14 heavy (non-hydrogen) atoms. The molecular weight excluding hydrogens is 183 g/mol. The third-order valence-corrected chi connectivity index (χ3v) is 2.04. The quantitative estimate of drug-likeness (QED) is 0.701. The zero-order valence-corrected chi connectivity index (χ0v) is 8.47. The smallest absolute Gasteiger partial charge is 0.153 e. The zero-order chi connectivity index (χ0) is 10.9. The summed E-state index contributed by atoms with van der Waals surface area (Å²) in [4.78, 5) is 10.5. The van der Waals surface area contributed by atoms with Gasteiger partial charge in [-0.2, -0.15) is 0 Å². The Labute approximate surface area is 82.4 Å². The van der Waals surface area contributed by atoms with E-state index in [2.05, 4.69) is 0 Å². The first-order valence-electron chi connectivity index (χ1n) is 4.34. The number of rotatable bonds is 1. The van der Waals surface area contributed by atoms with E-state index in [0.717, 1.165) is 6.07 Å². The fraction of sp³-hybridized carbons (Fsp3) is 0.364. The van der Waals surface area contributed by atoms with Gasteiger partial charge in [0.2, 0.25) is 0 Å². The first-order valence-corrected chi connectivity index (χ1v) is 4.34. The van der Waals surface area contributed by atoms with Crippen LogP contribution in [0.15, 0.2) is 12.1 Å². The second-order valence-corrected chi connectivity index (χ2v) is 4.26. The number of carbonyl (C=O) groups excluding carboxylic acids is 1. The second-order valence-electron chi connectivity index (χ2n) is 4.26. The fourth-order valence-corrected chi connectivity index (χ4v) is 1.28. The van der Waals surface area contributed by atoms with E-state index in [1.807, 2.05) is 20.8 Å². The maximum atomic E-state index is 13.1. The monoisotopic (exact) mass is 196 g/mol. The first kappa shape index (κ1) is 10.7. The third kappa shape index (κ3) is 1.92. The highest BCUT2D eigenvalue weighted by Gasteiger charge is 2.21. The van der Waals surface area contributed by atoms with Crippen LogP contribution in [0.4, 0.5) is 4.39 Å². The molecule has 1 aromatic rings. The Morgan fingerprint density at radius 2 is 1.93 bits per heavy atom. The van der Waals surface area contributed by atoms with Gasteiger partial charge in [0.1, 0.15) is 11.6 Å². The summed E-state index contributed by atoms with van der Waals surface area (Å²) in [6.45, 7) is 5.53. The molecule has 0 bridgehead atoms. The average molecular weight is 196 g/mol. The molecule has 0 unspecified atom stereocenters. The van der Waals surface area contributed by atoms with Crippen LogP contribution in [0, 0.1) is 5.82 Å². The minimum atomic E-state index is -0.505. The van der Waals surface area contributed by atoms with Crippen LogP contribution in [0.1, 0.15) is 36.7 Å². The van der Waals surface area contributed by atoms with Gasteiger partial charge in [-0.1, -0.05) is 20.8 Å². The molecule has 3 heteroatoms. The van der Waals surface area contributed by atoms with Gasteiger partial charge in [0.05, 0.1) is 5.56 Å². The number of phenolic OH excluding ortho intramolecular Hbond substituents is 1. The predicted molar refractivity (Wildman–Crippen MR) is 52.2 cm³/mol. The average Bonchev–Trinajstić information content (AvgIpc) is 2.06. The van der Waals surface area contributed by atoms with Crippen LogP contribution >= 0.6 is 0 Å². The Kier molecular flexibility index (Phi) is 2.60. The molecule has 0 amide bonds. The van der Waals surface area contributed by atoms with Gasteiger partial charge in [-0.3, -0.25) is 4.79 Å². The summed E-state index contributed by atoms with van der Waals surface area (Å²) < 4.78 is 13.1. The number of aldehydes is 1. The summed E-state index contributed by atoms with van der Waals surface area (Å²) in [6.07, 6.45) is 0.452. The normalized spacial score (nSPS) is 11.4. The highest BCUT2D eigenvalue weighted by molar-refractivity contribution is 5.80. The van der Waals surface area contributed by atoms with Crippen molar-refractivity contribution < 1.29 is 14.3 Å². The molecule has 1 rings (SSSR count). The van der Waals surface area contributed by atoms with Crippen molar-refractivity contribution in [2.45, 2.75) is 26.2 Å². The predicted octanol–water partition coefficient (Wildman–Crippen LogP) is 2.64. The number of carbonyl (C=O) groups is 1. The SMILES string of the molecule is CC(C)(C)c1cc(F)cc(C=O)c1O. The summed E-state index contributed by atoms with van der Waals surface area (Å²) >= 11 is 0. The molecule has 1 N–H and O–H groups in total. The zero-order valence-electron chi connectivity index (χ0n) is 8.47. The molecule has 76 valence electrons. The van der Waals surface area contributed by atoms with Gasteiger partial charge in [0, 0.05) is 5.56 Å². The van der Waals surface area contributed by atoms with Crippen molar-refractivity contribution in [2.75, 3.05) is 0 Å². The van der Waals surface area contributed by atoms with Crippen molar-refractivity contribution in [3.05, 3.63) is 29.1 Å². The molecule has 2 nitrogen and oxygen atoms in total. The lowest BCUT2D eigenvalue weighted by Gasteiger charge is -2.21. The van der Waals surface area contributed by atoms with Crippen LogP contribution < -0.4 is 0 Å². The van der Waals surface area contributed by atoms with E-state index in [-0.39, 0.29) is 16.7 Å². The Balaban J connectivity index is 3.44. The minimum Gasteiger partial charge on any atom is -0.507 e. The van der Waals surface area contributed by atoms with Crippen LogP contribution in [0.3, 0.4) is 0 Å². The van der Waals surface area contributed by atoms with Crippen molar-refractivity contribution in [3.63, 3.8) is 0 Å². The number of halogens is 1. The van der Waals surface area contributed by atoms with Gasteiger partial charge < -0.3 is 5.11 Å². The Morgan fingerprint density at radius 3 is 2.36 bits per heavy atom. The van der Waals surface area contributed by atoms with Crippen molar-refractivity contribution in [1.82, 2.24) is 0 Å². The fourth-order valence-electron chi connectivity index (χ4n) is 1.28. The second kappa shape index (κ2) is 3.40. The summed E-state index contributed by atoms with van der Waals surface area (Å²) in [5.41, 5.74) is 0.0544. The van der Waals surface area contributed by atoms with Crippen molar-refractivity contribution in [3.8, 4) is 5.75 Å². The molecule has 0 fully saturated rings. The molecule has 0 heterocycles. The molecule has 0 aliphatic rings. The van der Waals surface area contributed by atoms with Crippen LogP contribution in [0.25, 0.3) is 0 Å². The molecule has 1 aromatic carbocycles. The summed E-state index contributed by atoms with van der Waals surface area (Å²) in [5, 5.41) is 9.65. The van der Waals surface area contributed by atoms with E-state index in [0.29, 0.717) is 11.8 Å². The number of hydrogen-bond donors (Lipinski definition) is 1. The summed E-state index contributed by atoms with van der Waals surface area (Å²) in [6, 6.07) is 2.28. The number of benzene rings is 1. The van der Waals surface area contributed by atoms with Crippen LogP contribution in [0.5, 0.6) is 5.75 Å². The largest absolute Gasteiger partial charge is 0.507 e. The van der Waals surface area contributed by atoms with E-state index >= 15 is 0 Å². The van der Waals surface area contributed by atoms with Crippen LogP contribution in [-0.4, -0.2) is 11.4 Å². The van der Waals surface area contributed by atoms with Gasteiger partial charge in [-0.05, 0) is 17.5 Å². The van der Waals surface area contributed by atoms with Gasteiger partial charge in [0.25, 0.3) is 0 Å². The minimum absolute atomic E-state index is 0.00470. The van der Waals surface area contributed by atoms with Crippen molar-refractivity contribution in [1.29, 1.82) is 0 Å². The molecule has 0 aromatic heterocycles. The molecule has 0 radical (unpaired) electrons. The maximum Gasteiger partial charge on any atom is 0.153 e. The summed E-state index contributed by atoms with van der Waals surface area (Å²) in [7, 11) is 0. The van der Waals surface area contributed by atoms with E-state index in [4.69, 9.17) is 0 Å². The molecule has 0 atom stereocenters. The molecular formula is C11H13FO2. The lowest BCUT2D eigenvalue weighted by molar-refractivity contribution is 0.112. The number of hydrogen-bond acceptors (Lipinski definition) is 2. The van der Waals surface area contributed by atoms with Gasteiger partial charge in [0.15, 0.2) is 6.29 Å². The van der Waals surface area contributed by atoms with Gasteiger partial charge in [-0.25, -0.2) is 4.39 Å². The van der Waals surface area contributed by atoms with Crippen LogP contribution in [0.2, 0.25) is 0 Å². The van der Waals surface area contributed by atoms with E-state index in [9.17, 15) is 14.3 Å². The van der Waals surface area contributed by atoms with Gasteiger partial charge >= 0.3 is 0 Å². The highest BCUT2D eigenvalue weighted by atomic mass is 19.1. The molecule has 0 saturated carbocycles. The molecule has 0 spiro atoms. The Morgan fingerprint density at radius 1 is 1.36 bits per heavy atom. The lowest BCUT2D eigenvalue weighted by atomic mass is 9.85. The van der Waals surface area contributed by atoms with Gasteiger partial charge in [-0.15, -0.1) is 0 Å².